The topological polar surface area (TPSA) is 64.1 Å². The van der Waals surface area contributed by atoms with E-state index in [-0.39, 0.29) is 5.54 Å². The highest BCUT2D eigenvalue weighted by molar-refractivity contribution is 5.67. The van der Waals surface area contributed by atoms with Gasteiger partial charge in [0, 0.05) is 12.1 Å². The van der Waals surface area contributed by atoms with E-state index in [9.17, 15) is 0 Å². The van der Waals surface area contributed by atoms with Crippen LogP contribution in [0.3, 0.4) is 0 Å². The van der Waals surface area contributed by atoms with Crippen LogP contribution in [0, 0.1) is 0 Å². The first-order valence-electron chi connectivity index (χ1n) is 4.79. The van der Waals surface area contributed by atoms with Gasteiger partial charge in [-0.05, 0) is 38.5 Å². The fraction of sp³-hybridized carbons (Fsp3) is 0.455. The van der Waals surface area contributed by atoms with Crippen molar-refractivity contribution in [3.05, 3.63) is 23.8 Å². The second-order valence-electron chi connectivity index (χ2n) is 4.50. The summed E-state index contributed by atoms with van der Waals surface area (Å²) < 4.78 is 0. The van der Waals surface area contributed by atoms with Crippen LogP contribution >= 0.6 is 0 Å². The Balaban J connectivity index is 2.89. The number of hydrogen-bond donors (Lipinski definition) is 3. The van der Waals surface area contributed by atoms with Gasteiger partial charge in [0.1, 0.15) is 0 Å². The standard InChI is InChI=1S/C11H19N3/c1-11(2,3)14-10-5-4-8(7-12)6-9(10)13/h4-6,14H,7,12-13H2,1-3H3. The lowest BCUT2D eigenvalue weighted by molar-refractivity contribution is 0.634. The van der Waals surface area contributed by atoms with Crippen molar-refractivity contribution >= 4 is 11.4 Å². The third kappa shape index (κ3) is 2.92. The lowest BCUT2D eigenvalue weighted by Crippen LogP contribution is -2.26. The molecule has 0 aliphatic carbocycles. The van der Waals surface area contributed by atoms with Gasteiger partial charge in [-0.15, -0.1) is 0 Å². The van der Waals surface area contributed by atoms with Gasteiger partial charge < -0.3 is 16.8 Å². The molecule has 0 atom stereocenters. The minimum absolute atomic E-state index is 0.0261. The number of benzene rings is 1. The molecule has 3 nitrogen and oxygen atoms in total. The maximum Gasteiger partial charge on any atom is 0.0578 e. The molecule has 0 aliphatic heterocycles. The smallest absolute Gasteiger partial charge is 0.0578 e. The van der Waals surface area contributed by atoms with Gasteiger partial charge >= 0.3 is 0 Å². The Kier molecular flexibility index (Phi) is 3.01. The predicted molar refractivity (Wildman–Crippen MR) is 62.1 cm³/mol. The van der Waals surface area contributed by atoms with E-state index in [4.69, 9.17) is 11.5 Å². The molecule has 5 N–H and O–H groups in total. The van der Waals surface area contributed by atoms with Gasteiger partial charge in [-0.1, -0.05) is 6.07 Å². The van der Waals surface area contributed by atoms with E-state index >= 15 is 0 Å². The third-order valence-corrected chi connectivity index (χ3v) is 1.86. The Morgan fingerprint density at radius 3 is 2.36 bits per heavy atom. The summed E-state index contributed by atoms with van der Waals surface area (Å²) in [6.45, 7) is 6.83. The maximum atomic E-state index is 5.89. The highest BCUT2D eigenvalue weighted by Crippen LogP contribution is 2.23. The van der Waals surface area contributed by atoms with Crippen molar-refractivity contribution in [1.29, 1.82) is 0 Å². The molecule has 0 aromatic heterocycles. The Bertz CT molecular complexity index is 313. The first-order valence-corrected chi connectivity index (χ1v) is 4.79. The lowest BCUT2D eigenvalue weighted by Gasteiger charge is -2.23. The zero-order chi connectivity index (χ0) is 10.8. The van der Waals surface area contributed by atoms with Crippen molar-refractivity contribution < 1.29 is 0 Å². The predicted octanol–water partition coefficient (Wildman–Crippen LogP) is 1.94. The molecule has 0 saturated heterocycles. The highest BCUT2D eigenvalue weighted by Gasteiger charge is 2.10. The minimum atomic E-state index is 0.0261. The van der Waals surface area contributed by atoms with E-state index in [1.165, 1.54) is 0 Å². The molecule has 1 aromatic carbocycles. The van der Waals surface area contributed by atoms with Crippen LogP contribution in [-0.4, -0.2) is 5.54 Å². The average molecular weight is 193 g/mol. The van der Waals surface area contributed by atoms with Gasteiger partial charge in [0.15, 0.2) is 0 Å². The molecule has 78 valence electrons. The van der Waals surface area contributed by atoms with Crippen molar-refractivity contribution in [2.24, 2.45) is 5.73 Å². The quantitative estimate of drug-likeness (QED) is 0.629. The summed E-state index contributed by atoms with van der Waals surface area (Å²) in [5.74, 6) is 0. The van der Waals surface area contributed by atoms with Gasteiger partial charge in [0.05, 0.1) is 11.4 Å². The van der Waals surface area contributed by atoms with E-state index in [2.05, 4.69) is 26.1 Å². The molecule has 0 radical (unpaired) electrons. The second kappa shape index (κ2) is 3.88. The van der Waals surface area contributed by atoms with E-state index in [0.717, 1.165) is 16.9 Å². The van der Waals surface area contributed by atoms with Crippen molar-refractivity contribution in [3.63, 3.8) is 0 Å². The number of rotatable bonds is 2. The van der Waals surface area contributed by atoms with E-state index < -0.39 is 0 Å². The highest BCUT2D eigenvalue weighted by atomic mass is 15.0. The summed E-state index contributed by atoms with van der Waals surface area (Å²) in [6.07, 6.45) is 0. The number of nitrogen functional groups attached to an aromatic ring is 1. The Morgan fingerprint density at radius 2 is 1.93 bits per heavy atom. The molecule has 0 aliphatic rings. The Morgan fingerprint density at radius 1 is 1.29 bits per heavy atom. The van der Waals surface area contributed by atoms with Crippen LogP contribution in [0.15, 0.2) is 18.2 Å². The van der Waals surface area contributed by atoms with E-state index in [1.807, 2.05) is 18.2 Å². The number of anilines is 2. The molecule has 0 saturated carbocycles. The monoisotopic (exact) mass is 193 g/mol. The van der Waals surface area contributed by atoms with Crippen molar-refractivity contribution in [3.8, 4) is 0 Å². The van der Waals surface area contributed by atoms with Crippen LogP contribution in [0.4, 0.5) is 11.4 Å². The van der Waals surface area contributed by atoms with Crippen LogP contribution in [-0.2, 0) is 6.54 Å². The second-order valence-corrected chi connectivity index (χ2v) is 4.50. The third-order valence-electron chi connectivity index (χ3n) is 1.86. The molecule has 0 bridgehead atoms. The van der Waals surface area contributed by atoms with Crippen LogP contribution in [0.2, 0.25) is 0 Å². The normalized spacial score (nSPS) is 11.4. The van der Waals surface area contributed by atoms with Crippen LogP contribution in [0.25, 0.3) is 0 Å². The van der Waals surface area contributed by atoms with Crippen LogP contribution < -0.4 is 16.8 Å². The minimum Gasteiger partial charge on any atom is -0.397 e. The molecule has 0 spiro atoms. The summed E-state index contributed by atoms with van der Waals surface area (Å²) >= 11 is 0. The summed E-state index contributed by atoms with van der Waals surface area (Å²) in [4.78, 5) is 0. The van der Waals surface area contributed by atoms with Crippen molar-refractivity contribution in [2.45, 2.75) is 32.9 Å². The summed E-state index contributed by atoms with van der Waals surface area (Å²) in [6, 6.07) is 5.88. The molecule has 3 heteroatoms. The maximum absolute atomic E-state index is 5.89. The van der Waals surface area contributed by atoms with E-state index in [1.54, 1.807) is 0 Å². The summed E-state index contributed by atoms with van der Waals surface area (Å²) in [5.41, 5.74) is 14.2. The molecular formula is C11H19N3. The number of nitrogens with one attached hydrogen (secondary N) is 1. The van der Waals surface area contributed by atoms with Gasteiger partial charge in [0.2, 0.25) is 0 Å². The average Bonchev–Trinajstić information content (AvgIpc) is 2.06. The molecule has 0 heterocycles. The van der Waals surface area contributed by atoms with E-state index in [0.29, 0.717) is 6.54 Å². The molecule has 0 fully saturated rings. The Hall–Kier alpha value is -1.22. The Labute approximate surface area is 85.5 Å². The van der Waals surface area contributed by atoms with Crippen molar-refractivity contribution in [2.75, 3.05) is 11.1 Å². The zero-order valence-corrected chi connectivity index (χ0v) is 9.09. The number of nitrogens with two attached hydrogens (primary N) is 2. The van der Waals surface area contributed by atoms with Gasteiger partial charge in [-0.2, -0.15) is 0 Å². The zero-order valence-electron chi connectivity index (χ0n) is 9.09. The molecule has 1 aromatic rings. The largest absolute Gasteiger partial charge is 0.397 e. The van der Waals surface area contributed by atoms with Crippen molar-refractivity contribution in [1.82, 2.24) is 0 Å². The number of hydrogen-bond acceptors (Lipinski definition) is 3. The van der Waals surface area contributed by atoms with Gasteiger partial charge in [-0.3, -0.25) is 0 Å². The van der Waals surface area contributed by atoms with Gasteiger partial charge in [0.25, 0.3) is 0 Å². The summed E-state index contributed by atoms with van der Waals surface area (Å²) in [7, 11) is 0. The molecule has 14 heavy (non-hydrogen) atoms. The lowest BCUT2D eigenvalue weighted by atomic mass is 10.1. The molecule has 1 rings (SSSR count). The van der Waals surface area contributed by atoms with Crippen LogP contribution in [0.1, 0.15) is 26.3 Å². The van der Waals surface area contributed by atoms with Gasteiger partial charge in [-0.25, -0.2) is 0 Å². The van der Waals surface area contributed by atoms with Crippen LogP contribution in [0.5, 0.6) is 0 Å². The first kappa shape index (κ1) is 10.9. The first-order chi connectivity index (χ1) is 6.42. The molecular weight excluding hydrogens is 174 g/mol. The summed E-state index contributed by atoms with van der Waals surface area (Å²) in [5, 5.41) is 3.33. The molecule has 0 amide bonds. The fourth-order valence-electron chi connectivity index (χ4n) is 1.26. The molecule has 0 unspecified atom stereocenters. The SMILES string of the molecule is CC(C)(C)Nc1ccc(CN)cc1N. The fourth-order valence-corrected chi connectivity index (χ4v) is 1.26.